The minimum absolute atomic E-state index is 0.0103. The van der Waals surface area contributed by atoms with Crippen LogP contribution in [0.15, 0.2) is 47.5 Å². The molecule has 238 valence electrons. The van der Waals surface area contributed by atoms with E-state index in [0.29, 0.717) is 49.5 Å². The summed E-state index contributed by atoms with van der Waals surface area (Å²) in [6, 6.07) is 10.7. The number of carboxylic acids is 1. The minimum Gasteiger partial charge on any atom is -0.481 e. The van der Waals surface area contributed by atoms with Crippen molar-refractivity contribution in [3.63, 3.8) is 0 Å². The highest BCUT2D eigenvalue weighted by Crippen LogP contribution is 2.44. The van der Waals surface area contributed by atoms with E-state index in [2.05, 4.69) is 15.3 Å². The summed E-state index contributed by atoms with van der Waals surface area (Å²) in [5.41, 5.74) is 2.96. The van der Waals surface area contributed by atoms with Gasteiger partial charge in [0.2, 0.25) is 15.9 Å². The number of ether oxygens (including phenoxy) is 2. The smallest absolute Gasteiger partial charge is 0.310 e. The lowest BCUT2D eigenvalue weighted by Gasteiger charge is -2.38. The van der Waals surface area contributed by atoms with Gasteiger partial charge in [-0.25, -0.2) is 18.1 Å². The molecule has 1 atom stereocenters. The van der Waals surface area contributed by atoms with Gasteiger partial charge < -0.3 is 14.6 Å². The summed E-state index contributed by atoms with van der Waals surface area (Å²) in [6.45, 7) is 10.8. The SMILES string of the molecule is CCn1nnc2c(C)c([C@@H](c3ccc(C)c(CN4CC5(CCOCC5)Oc5ncccc5S4(=O)=O)n3)C(C)(C)C(=O)O)ccc21. The van der Waals surface area contributed by atoms with E-state index in [1.54, 1.807) is 24.6 Å². The molecule has 1 N–H and O–H groups in total. The molecule has 0 radical (unpaired) electrons. The number of hydrogen-bond acceptors (Lipinski definition) is 9. The summed E-state index contributed by atoms with van der Waals surface area (Å²) >= 11 is 0. The van der Waals surface area contributed by atoms with Crippen molar-refractivity contribution < 1.29 is 27.8 Å². The lowest BCUT2D eigenvalue weighted by molar-refractivity contribution is -0.147. The van der Waals surface area contributed by atoms with E-state index < -0.39 is 32.9 Å². The quantitative estimate of drug-likeness (QED) is 0.313. The lowest BCUT2D eigenvalue weighted by atomic mass is 9.71. The van der Waals surface area contributed by atoms with E-state index in [-0.39, 0.29) is 23.9 Å². The highest BCUT2D eigenvalue weighted by molar-refractivity contribution is 7.89. The van der Waals surface area contributed by atoms with E-state index in [1.807, 2.05) is 45.0 Å². The maximum absolute atomic E-state index is 14.1. The zero-order chi connectivity index (χ0) is 32.1. The van der Waals surface area contributed by atoms with Crippen LogP contribution < -0.4 is 4.74 Å². The average molecular weight is 635 g/mol. The van der Waals surface area contributed by atoms with Crippen molar-refractivity contribution in [1.82, 2.24) is 29.3 Å². The molecule has 6 rings (SSSR count). The van der Waals surface area contributed by atoms with Crippen LogP contribution in [0.4, 0.5) is 0 Å². The van der Waals surface area contributed by atoms with Gasteiger partial charge in [0, 0.05) is 37.2 Å². The first-order valence-electron chi connectivity index (χ1n) is 15.1. The Hall–Kier alpha value is -3.94. The number of sulfonamides is 1. The Bertz CT molecular complexity index is 1880. The van der Waals surface area contributed by atoms with Gasteiger partial charge in [-0.15, -0.1) is 5.10 Å². The molecule has 2 aliphatic heterocycles. The molecule has 1 aromatic carbocycles. The number of hydrogen-bond donors (Lipinski definition) is 1. The fraction of sp³-hybridized carbons (Fsp3) is 0.469. The molecule has 0 saturated carbocycles. The van der Waals surface area contributed by atoms with Crippen LogP contribution in [0, 0.1) is 19.3 Å². The monoisotopic (exact) mass is 634 g/mol. The molecule has 1 spiro atoms. The van der Waals surface area contributed by atoms with Gasteiger partial charge in [-0.1, -0.05) is 17.3 Å². The van der Waals surface area contributed by atoms with Gasteiger partial charge in [-0.3, -0.25) is 9.78 Å². The van der Waals surface area contributed by atoms with E-state index in [1.165, 1.54) is 16.6 Å². The topological polar surface area (TPSA) is 150 Å². The van der Waals surface area contributed by atoms with Crippen LogP contribution in [-0.2, 0) is 32.6 Å². The van der Waals surface area contributed by atoms with Crippen LogP contribution >= 0.6 is 0 Å². The predicted molar refractivity (Wildman–Crippen MR) is 165 cm³/mol. The molecule has 4 aromatic rings. The number of carbonyl (C=O) groups is 1. The second-order valence-electron chi connectivity index (χ2n) is 12.5. The summed E-state index contributed by atoms with van der Waals surface area (Å²) in [5, 5.41) is 19.1. The first-order chi connectivity index (χ1) is 21.4. The third-order valence-corrected chi connectivity index (χ3v) is 11.1. The summed E-state index contributed by atoms with van der Waals surface area (Å²) in [4.78, 5) is 22.1. The maximum Gasteiger partial charge on any atom is 0.310 e. The Balaban J connectivity index is 1.46. The zero-order valence-electron chi connectivity index (χ0n) is 26.1. The number of fused-ring (bicyclic) bond motifs is 2. The van der Waals surface area contributed by atoms with Crippen LogP contribution in [0.1, 0.15) is 67.6 Å². The van der Waals surface area contributed by atoms with Crippen molar-refractivity contribution in [3.05, 3.63) is 70.7 Å². The zero-order valence-corrected chi connectivity index (χ0v) is 27.0. The number of rotatable bonds is 7. The molecule has 5 heterocycles. The summed E-state index contributed by atoms with van der Waals surface area (Å²) in [7, 11) is -4.01. The second kappa shape index (κ2) is 11.5. The molecular formula is C32H38N6O6S. The fourth-order valence-electron chi connectivity index (χ4n) is 6.42. The highest BCUT2D eigenvalue weighted by atomic mass is 32.2. The summed E-state index contributed by atoms with van der Waals surface area (Å²) in [6.07, 6.45) is 2.56. The number of aliphatic carboxylic acids is 1. The molecule has 0 bridgehead atoms. The summed E-state index contributed by atoms with van der Waals surface area (Å²) in [5.74, 6) is -1.55. The minimum atomic E-state index is -4.01. The van der Waals surface area contributed by atoms with Crippen LogP contribution in [0.5, 0.6) is 5.88 Å². The second-order valence-corrected chi connectivity index (χ2v) is 14.4. The Kier molecular flexibility index (Phi) is 7.90. The van der Waals surface area contributed by atoms with Crippen molar-refractivity contribution in [3.8, 4) is 5.88 Å². The Morgan fingerprint density at radius 3 is 2.60 bits per heavy atom. The number of aryl methyl sites for hydroxylation is 3. The summed E-state index contributed by atoms with van der Waals surface area (Å²) < 4.78 is 43.4. The van der Waals surface area contributed by atoms with Crippen LogP contribution in [-0.4, -0.2) is 74.1 Å². The molecule has 1 fully saturated rings. The van der Waals surface area contributed by atoms with E-state index in [9.17, 15) is 18.3 Å². The van der Waals surface area contributed by atoms with Crippen LogP contribution in [0.2, 0.25) is 0 Å². The highest BCUT2D eigenvalue weighted by Gasteiger charge is 2.46. The molecule has 2 aliphatic rings. The third kappa shape index (κ3) is 5.36. The predicted octanol–water partition coefficient (Wildman–Crippen LogP) is 4.23. The van der Waals surface area contributed by atoms with Crippen molar-refractivity contribution in [2.24, 2.45) is 5.41 Å². The van der Waals surface area contributed by atoms with Gasteiger partial charge in [-0.05, 0) is 75.6 Å². The molecule has 12 nitrogen and oxygen atoms in total. The van der Waals surface area contributed by atoms with Gasteiger partial charge in [0.15, 0.2) is 0 Å². The molecular weight excluding hydrogens is 596 g/mol. The van der Waals surface area contributed by atoms with Gasteiger partial charge >= 0.3 is 5.97 Å². The van der Waals surface area contributed by atoms with Crippen molar-refractivity contribution in [2.45, 2.75) is 77.0 Å². The molecule has 1 saturated heterocycles. The molecule has 0 amide bonds. The Morgan fingerprint density at radius 2 is 1.89 bits per heavy atom. The number of carboxylic acid groups (broad SMARTS) is 1. The maximum atomic E-state index is 14.1. The van der Waals surface area contributed by atoms with Gasteiger partial charge in [0.1, 0.15) is 16.0 Å². The number of benzene rings is 1. The lowest BCUT2D eigenvalue weighted by Crippen LogP contribution is -2.50. The van der Waals surface area contributed by atoms with Crippen LogP contribution in [0.25, 0.3) is 11.0 Å². The van der Waals surface area contributed by atoms with Crippen molar-refractivity contribution >= 4 is 27.0 Å². The molecule has 3 aromatic heterocycles. The number of nitrogens with zero attached hydrogens (tertiary/aromatic N) is 6. The first-order valence-corrected chi connectivity index (χ1v) is 16.6. The van der Waals surface area contributed by atoms with Crippen molar-refractivity contribution in [1.29, 1.82) is 0 Å². The van der Waals surface area contributed by atoms with E-state index >= 15 is 0 Å². The molecule has 13 heteroatoms. The van der Waals surface area contributed by atoms with E-state index in [4.69, 9.17) is 14.5 Å². The third-order valence-electron chi connectivity index (χ3n) is 9.25. The van der Waals surface area contributed by atoms with Gasteiger partial charge in [-0.2, -0.15) is 4.31 Å². The largest absolute Gasteiger partial charge is 0.481 e. The average Bonchev–Trinajstić information content (AvgIpc) is 3.41. The van der Waals surface area contributed by atoms with Crippen LogP contribution in [0.3, 0.4) is 0 Å². The van der Waals surface area contributed by atoms with E-state index in [0.717, 1.165) is 22.2 Å². The Labute approximate surface area is 262 Å². The number of aromatic nitrogens is 5. The Morgan fingerprint density at radius 1 is 1.13 bits per heavy atom. The van der Waals surface area contributed by atoms with Gasteiger partial charge in [0.25, 0.3) is 0 Å². The molecule has 0 unspecified atom stereocenters. The first kappa shape index (κ1) is 31.1. The number of pyridine rings is 2. The molecule has 0 aliphatic carbocycles. The molecule has 45 heavy (non-hydrogen) atoms. The van der Waals surface area contributed by atoms with Gasteiger partial charge in [0.05, 0.1) is 42.9 Å². The standard InChI is InChI=1S/C32H38N6O6S/c1-6-38-25-12-10-22(21(3)28(25)35-36-38)27(31(4,5)30(39)40)23-11-9-20(2)24(34-23)18-37-19-32(13-16-43-17-14-32)44-29-26(45(37,41)42)8-7-15-33-29/h7-12,15,27H,6,13-14,16-19H2,1-5H3,(H,39,40)/t27-/m0/s1. The fourth-order valence-corrected chi connectivity index (χ4v) is 7.96. The van der Waals surface area contributed by atoms with Crippen molar-refractivity contribution in [2.75, 3.05) is 19.8 Å². The normalized spacial score (nSPS) is 18.7.